The normalized spacial score (nSPS) is 19.1. The molecule has 1 atom stereocenters. The molecular formula is C13H15N3S. The molecule has 88 valence electrons. The van der Waals surface area contributed by atoms with Gasteiger partial charge in [0.05, 0.1) is 11.7 Å². The van der Waals surface area contributed by atoms with Crippen molar-refractivity contribution in [2.45, 2.75) is 19.4 Å². The van der Waals surface area contributed by atoms with E-state index in [9.17, 15) is 0 Å². The third-order valence-corrected chi connectivity index (χ3v) is 4.36. The van der Waals surface area contributed by atoms with Crippen molar-refractivity contribution >= 4 is 22.8 Å². The van der Waals surface area contributed by atoms with Gasteiger partial charge < -0.3 is 10.6 Å². The van der Waals surface area contributed by atoms with E-state index in [4.69, 9.17) is 5.73 Å². The molecule has 0 saturated carbocycles. The number of nitrogens with two attached hydrogens (primary N) is 1. The van der Waals surface area contributed by atoms with Gasteiger partial charge in [-0.05, 0) is 42.5 Å². The summed E-state index contributed by atoms with van der Waals surface area (Å²) in [6, 6.07) is 6.37. The number of thiophene rings is 1. The highest BCUT2D eigenvalue weighted by Gasteiger charge is 2.26. The van der Waals surface area contributed by atoms with Gasteiger partial charge in [-0.2, -0.15) is 0 Å². The third-order valence-electron chi connectivity index (χ3n) is 3.37. The summed E-state index contributed by atoms with van der Waals surface area (Å²) in [7, 11) is 0. The molecule has 0 fully saturated rings. The number of anilines is 2. The van der Waals surface area contributed by atoms with Gasteiger partial charge in [-0.3, -0.25) is 0 Å². The first kappa shape index (κ1) is 10.6. The molecule has 3 heterocycles. The maximum Gasteiger partial charge on any atom is 0.152 e. The molecule has 0 aromatic carbocycles. The minimum Gasteiger partial charge on any atom is -0.396 e. The maximum atomic E-state index is 6.01. The topological polar surface area (TPSA) is 42.2 Å². The van der Waals surface area contributed by atoms with Crippen molar-refractivity contribution < 1.29 is 0 Å². The number of rotatable bonds is 1. The lowest BCUT2D eigenvalue weighted by molar-refractivity contribution is 0.626. The van der Waals surface area contributed by atoms with E-state index < -0.39 is 0 Å². The van der Waals surface area contributed by atoms with E-state index in [0.29, 0.717) is 6.04 Å². The number of hydrogen-bond donors (Lipinski definition) is 1. The number of hydrogen-bond acceptors (Lipinski definition) is 4. The first-order valence-electron chi connectivity index (χ1n) is 5.81. The fraction of sp³-hybridized carbons (Fsp3) is 0.308. The quantitative estimate of drug-likeness (QED) is 0.840. The lowest BCUT2D eigenvalue weighted by Gasteiger charge is -2.35. The summed E-state index contributed by atoms with van der Waals surface area (Å²) in [5.74, 6) is 0.914. The number of nitrogens with zero attached hydrogens (tertiary/aromatic N) is 2. The fourth-order valence-corrected chi connectivity index (χ4v) is 3.41. The average molecular weight is 245 g/mol. The van der Waals surface area contributed by atoms with Gasteiger partial charge >= 0.3 is 0 Å². The Balaban J connectivity index is 2.00. The van der Waals surface area contributed by atoms with E-state index in [0.717, 1.165) is 24.5 Å². The molecule has 3 nitrogen and oxygen atoms in total. The van der Waals surface area contributed by atoms with Gasteiger partial charge in [-0.1, -0.05) is 0 Å². The van der Waals surface area contributed by atoms with Crippen LogP contribution < -0.4 is 10.6 Å². The maximum absolute atomic E-state index is 6.01. The Kier molecular flexibility index (Phi) is 2.52. The SMILES string of the molecule is CC1c2ccsc2CCN1c1ncccc1N. The van der Waals surface area contributed by atoms with Crippen LogP contribution in [0.3, 0.4) is 0 Å². The van der Waals surface area contributed by atoms with E-state index in [-0.39, 0.29) is 0 Å². The summed E-state index contributed by atoms with van der Waals surface area (Å²) in [5, 5.41) is 2.17. The molecule has 1 aliphatic heterocycles. The van der Waals surface area contributed by atoms with Gasteiger partial charge in [0.1, 0.15) is 0 Å². The summed E-state index contributed by atoms with van der Waals surface area (Å²) in [5.41, 5.74) is 8.19. The van der Waals surface area contributed by atoms with Crippen molar-refractivity contribution in [2.24, 2.45) is 0 Å². The zero-order valence-electron chi connectivity index (χ0n) is 9.76. The van der Waals surface area contributed by atoms with Gasteiger partial charge in [0.15, 0.2) is 5.82 Å². The second-order valence-electron chi connectivity index (χ2n) is 4.33. The minimum atomic E-state index is 0.363. The molecule has 2 aromatic rings. The van der Waals surface area contributed by atoms with Crippen molar-refractivity contribution in [1.29, 1.82) is 0 Å². The number of nitrogen functional groups attached to an aromatic ring is 1. The molecular weight excluding hydrogens is 230 g/mol. The highest BCUT2D eigenvalue weighted by Crippen LogP contribution is 2.36. The molecule has 0 bridgehead atoms. The zero-order chi connectivity index (χ0) is 11.8. The summed E-state index contributed by atoms with van der Waals surface area (Å²) in [6.07, 6.45) is 2.90. The van der Waals surface area contributed by atoms with Crippen LogP contribution in [0, 0.1) is 0 Å². The van der Waals surface area contributed by atoms with Crippen LogP contribution in [0.15, 0.2) is 29.8 Å². The van der Waals surface area contributed by atoms with Crippen LogP contribution in [0.2, 0.25) is 0 Å². The molecule has 1 unspecified atom stereocenters. The zero-order valence-corrected chi connectivity index (χ0v) is 10.6. The molecule has 0 amide bonds. The highest BCUT2D eigenvalue weighted by atomic mass is 32.1. The van der Waals surface area contributed by atoms with Crippen LogP contribution in [0.4, 0.5) is 11.5 Å². The van der Waals surface area contributed by atoms with Crippen molar-refractivity contribution in [3.63, 3.8) is 0 Å². The van der Waals surface area contributed by atoms with Crippen LogP contribution in [0.25, 0.3) is 0 Å². The van der Waals surface area contributed by atoms with Crippen molar-refractivity contribution in [3.8, 4) is 0 Å². The summed E-state index contributed by atoms with van der Waals surface area (Å²) in [4.78, 5) is 8.21. The van der Waals surface area contributed by atoms with Gasteiger partial charge in [0.2, 0.25) is 0 Å². The third kappa shape index (κ3) is 1.69. The Morgan fingerprint density at radius 2 is 2.35 bits per heavy atom. The number of aromatic nitrogens is 1. The molecule has 0 radical (unpaired) electrons. The average Bonchev–Trinajstić information content (AvgIpc) is 2.80. The van der Waals surface area contributed by atoms with E-state index in [1.807, 2.05) is 29.7 Å². The van der Waals surface area contributed by atoms with Gasteiger partial charge in [-0.15, -0.1) is 11.3 Å². The Labute approximate surface area is 105 Å². The van der Waals surface area contributed by atoms with Crippen LogP contribution in [-0.2, 0) is 6.42 Å². The molecule has 0 aliphatic carbocycles. The van der Waals surface area contributed by atoms with Crippen LogP contribution in [0.1, 0.15) is 23.4 Å². The summed E-state index contributed by atoms with van der Waals surface area (Å²) >= 11 is 1.85. The number of fused-ring (bicyclic) bond motifs is 1. The Hall–Kier alpha value is -1.55. The summed E-state index contributed by atoms with van der Waals surface area (Å²) < 4.78 is 0. The second kappa shape index (κ2) is 4.04. The standard InChI is InChI=1S/C13H15N3S/c1-9-10-5-8-17-12(10)4-7-16(9)13-11(14)3-2-6-15-13/h2-3,5-6,8-9H,4,7,14H2,1H3. The van der Waals surface area contributed by atoms with E-state index in [1.165, 1.54) is 10.4 Å². The molecule has 3 rings (SSSR count). The lowest BCUT2D eigenvalue weighted by atomic mass is 10.0. The fourth-order valence-electron chi connectivity index (χ4n) is 2.45. The van der Waals surface area contributed by atoms with Crippen molar-refractivity contribution in [3.05, 3.63) is 40.2 Å². The Morgan fingerprint density at radius 1 is 1.47 bits per heavy atom. The Morgan fingerprint density at radius 3 is 3.18 bits per heavy atom. The predicted octanol–water partition coefficient (Wildman–Crippen LogP) is 2.85. The monoisotopic (exact) mass is 245 g/mol. The molecule has 4 heteroatoms. The first-order chi connectivity index (χ1) is 8.27. The number of pyridine rings is 1. The molecule has 17 heavy (non-hydrogen) atoms. The summed E-state index contributed by atoms with van der Waals surface area (Å²) in [6.45, 7) is 3.22. The second-order valence-corrected chi connectivity index (χ2v) is 5.34. The van der Waals surface area contributed by atoms with E-state index in [1.54, 1.807) is 0 Å². The minimum absolute atomic E-state index is 0.363. The van der Waals surface area contributed by atoms with Crippen molar-refractivity contribution in [1.82, 2.24) is 4.98 Å². The van der Waals surface area contributed by atoms with Crippen LogP contribution >= 0.6 is 11.3 Å². The van der Waals surface area contributed by atoms with Crippen molar-refractivity contribution in [2.75, 3.05) is 17.2 Å². The van der Waals surface area contributed by atoms with Gasteiger partial charge in [-0.25, -0.2) is 4.98 Å². The molecule has 0 spiro atoms. The Bertz CT molecular complexity index is 535. The van der Waals surface area contributed by atoms with Gasteiger partial charge in [0.25, 0.3) is 0 Å². The molecule has 2 aromatic heterocycles. The predicted molar refractivity (Wildman–Crippen MR) is 72.4 cm³/mol. The van der Waals surface area contributed by atoms with Gasteiger partial charge in [0, 0.05) is 17.6 Å². The smallest absolute Gasteiger partial charge is 0.152 e. The lowest BCUT2D eigenvalue weighted by Crippen LogP contribution is -2.34. The molecule has 2 N–H and O–H groups in total. The first-order valence-corrected chi connectivity index (χ1v) is 6.68. The largest absolute Gasteiger partial charge is 0.396 e. The van der Waals surface area contributed by atoms with Crippen LogP contribution in [-0.4, -0.2) is 11.5 Å². The molecule has 1 aliphatic rings. The molecule has 0 saturated heterocycles. The highest BCUT2D eigenvalue weighted by molar-refractivity contribution is 7.10. The van der Waals surface area contributed by atoms with E-state index >= 15 is 0 Å². The van der Waals surface area contributed by atoms with E-state index in [2.05, 4.69) is 28.3 Å². The van der Waals surface area contributed by atoms with Crippen LogP contribution in [0.5, 0.6) is 0 Å².